The van der Waals surface area contributed by atoms with E-state index in [2.05, 4.69) is 26.2 Å². The number of hydrogen-bond acceptors (Lipinski definition) is 2. The second-order valence-electron chi connectivity index (χ2n) is 2.70. The first-order chi connectivity index (χ1) is 6.72. The van der Waals surface area contributed by atoms with Crippen molar-refractivity contribution in [1.29, 1.82) is 0 Å². The third-order valence-corrected chi connectivity index (χ3v) is 2.29. The van der Waals surface area contributed by atoms with Crippen molar-refractivity contribution in [3.8, 4) is 0 Å². The molecule has 0 saturated heterocycles. The summed E-state index contributed by atoms with van der Waals surface area (Å²) < 4.78 is 0.889. The van der Waals surface area contributed by atoms with Crippen LogP contribution in [0.5, 0.6) is 0 Å². The predicted octanol–water partition coefficient (Wildman–Crippen LogP) is 2.80. The number of amides is 1. The Balaban J connectivity index is 2.47. The van der Waals surface area contributed by atoms with Crippen LogP contribution in [-0.2, 0) is 4.79 Å². The van der Waals surface area contributed by atoms with E-state index < -0.39 is 0 Å². The van der Waals surface area contributed by atoms with Crippen LogP contribution in [0.4, 0.5) is 5.82 Å². The zero-order chi connectivity index (χ0) is 10.4. The minimum atomic E-state index is -0.0590. The van der Waals surface area contributed by atoms with Crippen molar-refractivity contribution in [2.24, 2.45) is 0 Å². The fourth-order valence-electron chi connectivity index (χ4n) is 0.906. The van der Waals surface area contributed by atoms with Crippen LogP contribution in [0.15, 0.2) is 22.8 Å². The van der Waals surface area contributed by atoms with Crippen LogP contribution in [0, 0.1) is 0 Å². The molecule has 0 fully saturated rings. The average Bonchev–Trinajstić information content (AvgIpc) is 2.15. The summed E-state index contributed by atoms with van der Waals surface area (Å²) in [5, 5.41) is 2.68. The van der Waals surface area contributed by atoms with E-state index in [1.165, 1.54) is 0 Å². The van der Waals surface area contributed by atoms with Crippen LogP contribution in [0.25, 0.3) is 0 Å². The Bertz CT molecular complexity index is 319. The fourth-order valence-corrected chi connectivity index (χ4v) is 1.37. The molecule has 0 aliphatic carbocycles. The molecule has 0 saturated carbocycles. The monoisotopic (exact) mass is 276 g/mol. The van der Waals surface area contributed by atoms with E-state index in [1.807, 2.05) is 0 Å². The van der Waals surface area contributed by atoms with E-state index >= 15 is 0 Å². The first kappa shape index (κ1) is 11.5. The number of nitrogens with zero attached hydrogens (tertiary/aromatic N) is 1. The normalized spacial score (nSPS) is 9.86. The first-order valence-electron chi connectivity index (χ1n) is 4.20. The summed E-state index contributed by atoms with van der Waals surface area (Å²) in [5.41, 5.74) is 0. The van der Waals surface area contributed by atoms with Gasteiger partial charge in [-0.05, 0) is 18.6 Å². The van der Waals surface area contributed by atoms with Crippen molar-refractivity contribution in [2.45, 2.75) is 12.8 Å². The number of rotatable bonds is 4. The second-order valence-corrected chi connectivity index (χ2v) is 3.99. The highest BCUT2D eigenvalue weighted by molar-refractivity contribution is 9.10. The summed E-state index contributed by atoms with van der Waals surface area (Å²) in [6.45, 7) is 0. The molecule has 1 rings (SSSR count). The third kappa shape index (κ3) is 4.07. The Morgan fingerprint density at radius 1 is 1.64 bits per heavy atom. The number of carbonyl (C=O) groups excluding carboxylic acids is 1. The zero-order valence-electron chi connectivity index (χ0n) is 7.46. The molecule has 14 heavy (non-hydrogen) atoms. The molecule has 1 N–H and O–H groups in total. The molecule has 5 heteroatoms. The smallest absolute Gasteiger partial charge is 0.225 e. The van der Waals surface area contributed by atoms with Gasteiger partial charge in [0.15, 0.2) is 0 Å². The number of anilines is 1. The molecule has 76 valence electrons. The highest BCUT2D eigenvalue weighted by atomic mass is 79.9. The van der Waals surface area contributed by atoms with Gasteiger partial charge in [0.25, 0.3) is 0 Å². The molecule has 1 heterocycles. The Morgan fingerprint density at radius 2 is 2.43 bits per heavy atom. The van der Waals surface area contributed by atoms with Gasteiger partial charge in [-0.2, -0.15) is 0 Å². The molecule has 0 unspecified atom stereocenters. The van der Waals surface area contributed by atoms with Crippen LogP contribution in [0.2, 0.25) is 0 Å². The molecule has 0 bridgehead atoms. The van der Waals surface area contributed by atoms with E-state index in [0.29, 0.717) is 24.5 Å². The molecule has 0 aliphatic rings. The lowest BCUT2D eigenvalue weighted by Crippen LogP contribution is -2.12. The summed E-state index contributed by atoms with van der Waals surface area (Å²) in [6.07, 6.45) is 2.74. The topological polar surface area (TPSA) is 42.0 Å². The molecule has 1 aromatic rings. The summed E-state index contributed by atoms with van der Waals surface area (Å²) in [5.74, 6) is 0.995. The number of alkyl halides is 1. The van der Waals surface area contributed by atoms with Gasteiger partial charge in [0.1, 0.15) is 5.82 Å². The maximum absolute atomic E-state index is 11.3. The maximum Gasteiger partial charge on any atom is 0.225 e. The van der Waals surface area contributed by atoms with Crippen molar-refractivity contribution in [2.75, 3.05) is 11.2 Å². The minimum absolute atomic E-state index is 0.0590. The number of aromatic nitrogens is 1. The third-order valence-electron chi connectivity index (χ3n) is 1.53. The van der Waals surface area contributed by atoms with Crippen LogP contribution < -0.4 is 5.32 Å². The SMILES string of the molecule is O=C(CCCCl)Nc1cc(Br)ccn1. The predicted molar refractivity (Wildman–Crippen MR) is 60.5 cm³/mol. The number of pyridine rings is 1. The molecule has 0 radical (unpaired) electrons. The highest BCUT2D eigenvalue weighted by Gasteiger charge is 2.02. The number of nitrogens with one attached hydrogen (secondary N) is 1. The zero-order valence-corrected chi connectivity index (χ0v) is 9.81. The number of carbonyl (C=O) groups is 1. The van der Waals surface area contributed by atoms with Gasteiger partial charge >= 0.3 is 0 Å². The van der Waals surface area contributed by atoms with Gasteiger partial charge in [-0.25, -0.2) is 4.98 Å². The highest BCUT2D eigenvalue weighted by Crippen LogP contribution is 2.12. The molecular formula is C9H10BrClN2O. The Kier molecular flexibility index (Phi) is 4.90. The molecule has 0 aliphatic heterocycles. The Morgan fingerprint density at radius 3 is 3.07 bits per heavy atom. The molecule has 0 atom stereocenters. The van der Waals surface area contributed by atoms with Gasteiger partial charge in [-0.3, -0.25) is 4.79 Å². The van der Waals surface area contributed by atoms with E-state index in [9.17, 15) is 4.79 Å². The van der Waals surface area contributed by atoms with E-state index in [1.54, 1.807) is 18.3 Å². The van der Waals surface area contributed by atoms with Crippen molar-refractivity contribution >= 4 is 39.3 Å². The van der Waals surface area contributed by atoms with Gasteiger partial charge in [-0.1, -0.05) is 15.9 Å². The van der Waals surface area contributed by atoms with Crippen molar-refractivity contribution in [3.63, 3.8) is 0 Å². The van der Waals surface area contributed by atoms with Gasteiger partial charge in [0.05, 0.1) is 0 Å². The summed E-state index contributed by atoms with van der Waals surface area (Å²) in [4.78, 5) is 15.3. The summed E-state index contributed by atoms with van der Waals surface area (Å²) in [6, 6.07) is 3.55. The van der Waals surface area contributed by atoms with Crippen molar-refractivity contribution in [3.05, 3.63) is 22.8 Å². The largest absolute Gasteiger partial charge is 0.311 e. The van der Waals surface area contributed by atoms with Crippen LogP contribution in [-0.4, -0.2) is 16.8 Å². The molecule has 3 nitrogen and oxygen atoms in total. The van der Waals surface area contributed by atoms with Crippen molar-refractivity contribution in [1.82, 2.24) is 4.98 Å². The van der Waals surface area contributed by atoms with E-state index in [0.717, 1.165) is 4.47 Å². The number of hydrogen-bond donors (Lipinski definition) is 1. The van der Waals surface area contributed by atoms with Gasteiger partial charge in [0, 0.05) is 23.0 Å². The molecular weight excluding hydrogens is 267 g/mol. The second kappa shape index (κ2) is 5.98. The number of halogens is 2. The van der Waals surface area contributed by atoms with Gasteiger partial charge in [-0.15, -0.1) is 11.6 Å². The molecule has 0 aromatic carbocycles. The molecule has 1 amide bonds. The van der Waals surface area contributed by atoms with Crippen molar-refractivity contribution < 1.29 is 4.79 Å². The van der Waals surface area contributed by atoms with Crippen LogP contribution >= 0.6 is 27.5 Å². The summed E-state index contributed by atoms with van der Waals surface area (Å²) >= 11 is 8.76. The molecule has 0 spiro atoms. The van der Waals surface area contributed by atoms with Gasteiger partial charge < -0.3 is 5.32 Å². The quantitative estimate of drug-likeness (QED) is 0.860. The fraction of sp³-hybridized carbons (Fsp3) is 0.333. The lowest BCUT2D eigenvalue weighted by Gasteiger charge is -2.03. The van der Waals surface area contributed by atoms with E-state index in [4.69, 9.17) is 11.6 Å². The standard InChI is InChI=1S/C9H10BrClN2O/c10-7-3-5-12-8(6-7)13-9(14)2-1-4-11/h3,5-6H,1-2,4H2,(H,12,13,14). The Labute approximate surface area is 96.0 Å². The lowest BCUT2D eigenvalue weighted by atomic mass is 10.3. The average molecular weight is 278 g/mol. The molecule has 1 aromatic heterocycles. The van der Waals surface area contributed by atoms with Crippen LogP contribution in [0.1, 0.15) is 12.8 Å². The first-order valence-corrected chi connectivity index (χ1v) is 5.52. The minimum Gasteiger partial charge on any atom is -0.311 e. The van der Waals surface area contributed by atoms with Crippen LogP contribution in [0.3, 0.4) is 0 Å². The Hall–Kier alpha value is -0.610. The lowest BCUT2D eigenvalue weighted by molar-refractivity contribution is -0.116. The summed E-state index contributed by atoms with van der Waals surface area (Å²) in [7, 11) is 0. The maximum atomic E-state index is 11.3. The van der Waals surface area contributed by atoms with Gasteiger partial charge in [0.2, 0.25) is 5.91 Å². The van der Waals surface area contributed by atoms with E-state index in [-0.39, 0.29) is 5.91 Å².